The van der Waals surface area contributed by atoms with Gasteiger partial charge in [0.05, 0.1) is 18.7 Å². The summed E-state index contributed by atoms with van der Waals surface area (Å²) in [5, 5.41) is 8.39. The first kappa shape index (κ1) is 35.1. The number of rotatable bonds is 11. The maximum atomic E-state index is 15.1. The second kappa shape index (κ2) is 15.1. The smallest absolute Gasteiger partial charge is 0.252 e. The highest BCUT2D eigenvalue weighted by molar-refractivity contribution is 7.80. The van der Waals surface area contributed by atoms with Gasteiger partial charge < -0.3 is 10.1 Å². The van der Waals surface area contributed by atoms with Gasteiger partial charge in [0.15, 0.2) is 0 Å². The predicted molar refractivity (Wildman–Crippen MR) is 214 cm³/mol. The van der Waals surface area contributed by atoms with E-state index in [-0.39, 0.29) is 18.0 Å². The van der Waals surface area contributed by atoms with Crippen LogP contribution in [0.2, 0.25) is 0 Å². The Kier molecular flexibility index (Phi) is 10.4. The number of carbonyl (C=O) groups excluding carboxylic acids is 1. The molecule has 3 fully saturated rings. The summed E-state index contributed by atoms with van der Waals surface area (Å²) < 4.78 is 5.68. The second-order valence-corrected chi connectivity index (χ2v) is 16.9. The first-order valence-corrected chi connectivity index (χ1v) is 19.8. The number of hydrogen-bond acceptors (Lipinski definition) is 4. The Morgan fingerprint density at radius 2 is 1.53 bits per heavy atom. The van der Waals surface area contributed by atoms with Crippen molar-refractivity contribution in [3.8, 4) is 5.75 Å². The molecule has 3 aliphatic heterocycles. The molecule has 0 saturated carbocycles. The van der Waals surface area contributed by atoms with Crippen molar-refractivity contribution in [2.24, 2.45) is 11.8 Å². The number of aromatic nitrogens is 1. The van der Waals surface area contributed by atoms with Gasteiger partial charge >= 0.3 is 0 Å². The molecule has 3 aliphatic rings. The van der Waals surface area contributed by atoms with Gasteiger partial charge in [-0.2, -0.15) is 0 Å². The third-order valence-corrected chi connectivity index (χ3v) is 13.8. The van der Waals surface area contributed by atoms with Gasteiger partial charge in [-0.15, -0.1) is 6.58 Å². The molecule has 1 amide bonds. The van der Waals surface area contributed by atoms with Crippen molar-refractivity contribution in [1.29, 1.82) is 0 Å². The van der Waals surface area contributed by atoms with Gasteiger partial charge in [0, 0.05) is 29.7 Å². The number of pyridine rings is 1. The zero-order chi connectivity index (χ0) is 35.6. The first-order chi connectivity index (χ1) is 24.8. The number of amides is 1. The topological polar surface area (TPSA) is 54.5 Å². The summed E-state index contributed by atoms with van der Waals surface area (Å²) in [6, 6.07) is 34.0. The van der Waals surface area contributed by atoms with Crippen LogP contribution in [0.5, 0.6) is 5.75 Å². The molecule has 1 unspecified atom stereocenters. The quantitative estimate of drug-likeness (QED) is 0.111. The molecule has 2 bridgehead atoms. The summed E-state index contributed by atoms with van der Waals surface area (Å²) in [7, 11) is 0.640. The van der Waals surface area contributed by atoms with Gasteiger partial charge in [0.2, 0.25) is 0 Å². The van der Waals surface area contributed by atoms with E-state index in [0.29, 0.717) is 23.7 Å². The zero-order valence-corrected chi connectivity index (χ0v) is 31.4. The molecular weight excluding hydrogens is 645 g/mol. The monoisotopic (exact) mass is 695 g/mol. The number of hydrogen-bond donors (Lipinski definition) is 1. The number of nitrogens with one attached hydrogen (secondary N) is 1. The van der Waals surface area contributed by atoms with E-state index < -0.39 is 7.92 Å². The van der Waals surface area contributed by atoms with Crippen LogP contribution in [0.15, 0.2) is 116 Å². The predicted octanol–water partition coefficient (Wildman–Crippen LogP) is 8.62. The summed E-state index contributed by atoms with van der Waals surface area (Å²) in [4.78, 5) is 22.4. The van der Waals surface area contributed by atoms with Gasteiger partial charge in [-0.1, -0.05) is 101 Å². The molecule has 4 heterocycles. The van der Waals surface area contributed by atoms with Crippen molar-refractivity contribution in [3.05, 3.63) is 138 Å². The van der Waals surface area contributed by atoms with E-state index in [4.69, 9.17) is 9.72 Å². The van der Waals surface area contributed by atoms with Gasteiger partial charge in [0.25, 0.3) is 5.91 Å². The molecule has 1 aromatic heterocycles. The van der Waals surface area contributed by atoms with Crippen LogP contribution in [0.4, 0.5) is 0 Å². The van der Waals surface area contributed by atoms with E-state index in [0.717, 1.165) is 59.0 Å². The highest BCUT2D eigenvalue weighted by Crippen LogP contribution is 2.43. The number of carbonyl (C=O) groups is 1. The summed E-state index contributed by atoms with van der Waals surface area (Å²) >= 11 is 0. The van der Waals surface area contributed by atoms with Crippen molar-refractivity contribution in [2.75, 3.05) is 20.2 Å². The number of piperidine rings is 3. The van der Waals surface area contributed by atoms with Crippen LogP contribution in [0, 0.1) is 11.8 Å². The highest BCUT2D eigenvalue weighted by atomic mass is 31.1. The van der Waals surface area contributed by atoms with E-state index in [9.17, 15) is 0 Å². The molecule has 3 saturated heterocycles. The molecule has 51 heavy (non-hydrogen) atoms. The molecule has 1 N–H and O–H groups in total. The van der Waals surface area contributed by atoms with E-state index in [2.05, 4.69) is 123 Å². The van der Waals surface area contributed by atoms with Crippen LogP contribution < -0.4 is 26.0 Å². The van der Waals surface area contributed by atoms with E-state index in [1.807, 2.05) is 30.5 Å². The fourth-order valence-corrected chi connectivity index (χ4v) is 11.6. The molecule has 0 spiro atoms. The summed E-state index contributed by atoms with van der Waals surface area (Å²) in [6.07, 6.45) is 6.19. The Balaban J connectivity index is 1.37. The lowest BCUT2D eigenvalue weighted by atomic mass is 9.73. The molecule has 5 aromatic rings. The van der Waals surface area contributed by atoms with Crippen LogP contribution in [0.25, 0.3) is 10.9 Å². The van der Waals surface area contributed by atoms with Crippen molar-refractivity contribution in [1.82, 2.24) is 15.2 Å². The standard InChI is InChI=1S/C45H50N3O2P/c1-7-31-28-48-25-23-32(31)26-40(48)44(36-22-24-46-39-21-20-33(50-6)27-38(36)39)47-45(49)37-16-10-13-19-43(37)51(41-17-11-8-14-34(41)29(2)3)42-18-12-9-15-35(42)30(4)5/h7-22,24,27,29-32,40,44H,1,23,25-26,28H2,2-6H3,(H,47,49)/t31-,32-,40+,44+/m0/s1. The van der Waals surface area contributed by atoms with Crippen LogP contribution in [-0.4, -0.2) is 42.0 Å². The molecule has 5 nitrogen and oxygen atoms in total. The Morgan fingerprint density at radius 3 is 2.14 bits per heavy atom. The van der Waals surface area contributed by atoms with Crippen molar-refractivity contribution < 1.29 is 9.53 Å². The lowest BCUT2D eigenvalue weighted by Gasteiger charge is -2.51. The molecule has 4 aromatic carbocycles. The van der Waals surface area contributed by atoms with Gasteiger partial charge in [-0.05, 0) is 114 Å². The molecule has 0 aliphatic carbocycles. The lowest BCUT2D eigenvalue weighted by Crippen LogP contribution is -2.57. The molecular formula is C45H50N3O2P. The minimum atomic E-state index is -1.06. The zero-order valence-electron chi connectivity index (χ0n) is 30.6. The number of fused-ring (bicyclic) bond motifs is 4. The van der Waals surface area contributed by atoms with E-state index in [1.165, 1.54) is 21.7 Å². The van der Waals surface area contributed by atoms with Crippen LogP contribution >= 0.6 is 7.92 Å². The molecule has 8 rings (SSSR count). The number of methoxy groups -OCH3 is 1. The normalized spacial score (nSPS) is 20.5. The Labute approximate surface area is 304 Å². The SMILES string of the molecule is C=C[C@H]1CN2CC[C@H]1C[C@@H]2[C@H](NC(=O)c1ccccc1P(c1ccccc1C(C)C)c1ccccc1C(C)C)c1ccnc2ccc(OC)cc12. The molecule has 6 heteroatoms. The Morgan fingerprint density at radius 1 is 0.882 bits per heavy atom. The summed E-state index contributed by atoms with van der Waals surface area (Å²) in [5.41, 5.74) is 5.37. The maximum absolute atomic E-state index is 15.1. The fourth-order valence-electron chi connectivity index (χ4n) is 8.48. The summed E-state index contributed by atoms with van der Waals surface area (Å²) in [5.74, 6) is 2.46. The minimum absolute atomic E-state index is 0.0390. The molecule has 5 atom stereocenters. The van der Waals surface area contributed by atoms with Crippen LogP contribution in [0.1, 0.15) is 85.5 Å². The third-order valence-electron chi connectivity index (χ3n) is 11.1. The van der Waals surface area contributed by atoms with Gasteiger partial charge in [0.1, 0.15) is 5.75 Å². The molecule has 262 valence electrons. The molecule has 0 radical (unpaired) electrons. The van der Waals surface area contributed by atoms with Gasteiger partial charge in [-0.25, -0.2) is 0 Å². The van der Waals surface area contributed by atoms with Crippen LogP contribution in [-0.2, 0) is 0 Å². The van der Waals surface area contributed by atoms with Crippen LogP contribution in [0.3, 0.4) is 0 Å². The first-order valence-electron chi connectivity index (χ1n) is 18.5. The number of benzene rings is 4. The number of nitrogens with zero attached hydrogens (tertiary/aromatic N) is 2. The van der Waals surface area contributed by atoms with Crippen molar-refractivity contribution in [2.45, 2.75) is 64.5 Å². The van der Waals surface area contributed by atoms with Crippen molar-refractivity contribution in [3.63, 3.8) is 0 Å². The third kappa shape index (κ3) is 6.87. The average Bonchev–Trinajstić information content (AvgIpc) is 3.17. The van der Waals surface area contributed by atoms with Crippen molar-refractivity contribution >= 4 is 40.6 Å². The summed E-state index contributed by atoms with van der Waals surface area (Å²) in [6.45, 7) is 15.2. The maximum Gasteiger partial charge on any atom is 0.252 e. The fraction of sp³-hybridized carbons (Fsp3) is 0.333. The van der Waals surface area contributed by atoms with E-state index >= 15 is 4.79 Å². The second-order valence-electron chi connectivity index (χ2n) is 14.8. The Hall–Kier alpha value is -4.31. The Bertz CT molecular complexity index is 1990. The van der Waals surface area contributed by atoms with Gasteiger partial charge in [-0.3, -0.25) is 14.7 Å². The van der Waals surface area contributed by atoms with E-state index in [1.54, 1.807) is 7.11 Å². The largest absolute Gasteiger partial charge is 0.497 e. The lowest BCUT2D eigenvalue weighted by molar-refractivity contribution is 0.00171. The highest BCUT2D eigenvalue weighted by Gasteiger charge is 2.43. The number of ether oxygens (including phenoxy) is 1. The minimum Gasteiger partial charge on any atom is -0.497 e. The average molecular weight is 696 g/mol.